The van der Waals surface area contributed by atoms with Crippen molar-refractivity contribution in [1.29, 1.82) is 0 Å². The SMILES string of the molecule is Cc1ccccc1/C(=N/O)c1ccc(Nc2ccc(Cl)c(F)c2)cc1Cl. The fourth-order valence-electron chi connectivity index (χ4n) is 2.62. The third-order valence-corrected chi connectivity index (χ3v) is 4.55. The van der Waals surface area contributed by atoms with Gasteiger partial charge in [-0.25, -0.2) is 4.39 Å². The Morgan fingerprint density at radius 2 is 1.62 bits per heavy atom. The van der Waals surface area contributed by atoms with Gasteiger partial charge in [0.1, 0.15) is 11.5 Å². The number of benzene rings is 3. The number of hydrogen-bond donors (Lipinski definition) is 2. The van der Waals surface area contributed by atoms with Gasteiger partial charge in [-0.1, -0.05) is 52.6 Å². The van der Waals surface area contributed by atoms with Gasteiger partial charge in [0.2, 0.25) is 0 Å². The first-order chi connectivity index (χ1) is 12.5. The Labute approximate surface area is 160 Å². The van der Waals surface area contributed by atoms with Crippen molar-refractivity contribution in [2.45, 2.75) is 6.92 Å². The van der Waals surface area contributed by atoms with Crippen molar-refractivity contribution in [3.8, 4) is 0 Å². The third-order valence-electron chi connectivity index (χ3n) is 3.93. The smallest absolute Gasteiger partial charge is 0.143 e. The average molecular weight is 389 g/mol. The fraction of sp³-hybridized carbons (Fsp3) is 0.0500. The highest BCUT2D eigenvalue weighted by Crippen LogP contribution is 2.28. The number of anilines is 2. The van der Waals surface area contributed by atoms with E-state index < -0.39 is 5.82 Å². The van der Waals surface area contributed by atoms with Crippen molar-refractivity contribution >= 4 is 40.3 Å². The second-order valence-corrected chi connectivity index (χ2v) is 6.53. The van der Waals surface area contributed by atoms with Gasteiger partial charge in [-0.05, 0) is 48.9 Å². The largest absolute Gasteiger partial charge is 0.410 e. The van der Waals surface area contributed by atoms with Gasteiger partial charge >= 0.3 is 0 Å². The molecule has 0 aromatic heterocycles. The van der Waals surface area contributed by atoms with Gasteiger partial charge in [0, 0.05) is 22.5 Å². The number of aryl methyl sites for hydroxylation is 1. The molecular formula is C20H15Cl2FN2O. The van der Waals surface area contributed by atoms with Gasteiger partial charge in [-0.3, -0.25) is 0 Å². The summed E-state index contributed by atoms with van der Waals surface area (Å²) in [7, 11) is 0. The minimum Gasteiger partial charge on any atom is -0.410 e. The number of rotatable bonds is 4. The molecule has 0 bridgehead atoms. The first kappa shape index (κ1) is 18.2. The molecule has 132 valence electrons. The Kier molecular flexibility index (Phi) is 5.45. The highest BCUT2D eigenvalue weighted by atomic mass is 35.5. The second-order valence-electron chi connectivity index (χ2n) is 5.71. The van der Waals surface area contributed by atoms with E-state index in [1.165, 1.54) is 12.1 Å². The summed E-state index contributed by atoms with van der Waals surface area (Å²) in [5, 5.41) is 16.5. The van der Waals surface area contributed by atoms with Crippen molar-refractivity contribution in [3.05, 3.63) is 93.2 Å². The summed E-state index contributed by atoms with van der Waals surface area (Å²) in [5.74, 6) is -0.506. The highest BCUT2D eigenvalue weighted by molar-refractivity contribution is 6.35. The van der Waals surface area contributed by atoms with Crippen LogP contribution in [-0.4, -0.2) is 10.9 Å². The molecule has 2 N–H and O–H groups in total. The topological polar surface area (TPSA) is 44.6 Å². The molecule has 3 aromatic carbocycles. The Bertz CT molecular complexity index is 989. The maximum Gasteiger partial charge on any atom is 0.143 e. The zero-order valence-electron chi connectivity index (χ0n) is 13.8. The van der Waals surface area contributed by atoms with E-state index in [2.05, 4.69) is 10.5 Å². The van der Waals surface area contributed by atoms with Gasteiger partial charge in [0.25, 0.3) is 0 Å². The van der Waals surface area contributed by atoms with E-state index in [9.17, 15) is 9.60 Å². The van der Waals surface area contributed by atoms with Gasteiger partial charge in [0.05, 0.1) is 10.0 Å². The molecular weight excluding hydrogens is 374 g/mol. The summed E-state index contributed by atoms with van der Waals surface area (Å²) in [5.41, 5.74) is 3.95. The lowest BCUT2D eigenvalue weighted by molar-refractivity contribution is 0.319. The van der Waals surface area contributed by atoms with Crippen LogP contribution in [0, 0.1) is 12.7 Å². The lowest BCUT2D eigenvalue weighted by atomic mass is 9.98. The van der Waals surface area contributed by atoms with E-state index in [0.717, 1.165) is 11.1 Å². The molecule has 0 fully saturated rings. The fourth-order valence-corrected chi connectivity index (χ4v) is 3.00. The Morgan fingerprint density at radius 1 is 0.923 bits per heavy atom. The molecule has 3 rings (SSSR count). The molecule has 0 saturated heterocycles. The third kappa shape index (κ3) is 3.82. The van der Waals surface area contributed by atoms with Crippen LogP contribution in [0.4, 0.5) is 15.8 Å². The van der Waals surface area contributed by atoms with Gasteiger partial charge in [-0.15, -0.1) is 0 Å². The predicted molar refractivity (Wildman–Crippen MR) is 105 cm³/mol. The van der Waals surface area contributed by atoms with Crippen LogP contribution < -0.4 is 5.32 Å². The summed E-state index contributed by atoms with van der Waals surface area (Å²) in [6, 6.07) is 17.2. The first-order valence-corrected chi connectivity index (χ1v) is 8.55. The van der Waals surface area contributed by atoms with E-state index in [1.54, 1.807) is 24.3 Å². The van der Waals surface area contributed by atoms with E-state index >= 15 is 0 Å². The van der Waals surface area contributed by atoms with Crippen LogP contribution in [0.15, 0.2) is 65.8 Å². The van der Waals surface area contributed by atoms with Gasteiger partial charge < -0.3 is 10.5 Å². The van der Waals surface area contributed by atoms with E-state index in [1.807, 2.05) is 31.2 Å². The number of nitrogens with one attached hydrogen (secondary N) is 1. The summed E-state index contributed by atoms with van der Waals surface area (Å²) in [6.07, 6.45) is 0. The van der Waals surface area contributed by atoms with Crippen molar-refractivity contribution in [3.63, 3.8) is 0 Å². The minimum absolute atomic E-state index is 0.0611. The molecule has 0 saturated carbocycles. The number of halogens is 3. The van der Waals surface area contributed by atoms with Crippen LogP contribution >= 0.6 is 23.2 Å². The van der Waals surface area contributed by atoms with Crippen LogP contribution in [0.1, 0.15) is 16.7 Å². The molecule has 0 radical (unpaired) electrons. The molecule has 6 heteroatoms. The van der Waals surface area contributed by atoms with Crippen LogP contribution in [0.5, 0.6) is 0 Å². The molecule has 0 aliphatic rings. The molecule has 26 heavy (non-hydrogen) atoms. The van der Waals surface area contributed by atoms with Crippen molar-refractivity contribution in [1.82, 2.24) is 0 Å². The summed E-state index contributed by atoms with van der Waals surface area (Å²) < 4.78 is 13.6. The highest BCUT2D eigenvalue weighted by Gasteiger charge is 2.14. The van der Waals surface area contributed by atoms with Crippen molar-refractivity contribution in [2.75, 3.05) is 5.32 Å². The van der Waals surface area contributed by atoms with Crippen molar-refractivity contribution < 1.29 is 9.60 Å². The maximum absolute atomic E-state index is 13.6. The van der Waals surface area contributed by atoms with Crippen LogP contribution in [0.2, 0.25) is 10.0 Å². The van der Waals surface area contributed by atoms with Gasteiger partial charge in [-0.2, -0.15) is 0 Å². The number of oxime groups is 1. The molecule has 3 aromatic rings. The quantitative estimate of drug-likeness (QED) is 0.308. The van der Waals surface area contributed by atoms with Crippen LogP contribution in [0.3, 0.4) is 0 Å². The summed E-state index contributed by atoms with van der Waals surface area (Å²) in [6.45, 7) is 1.93. The molecule has 3 nitrogen and oxygen atoms in total. The monoisotopic (exact) mass is 388 g/mol. The van der Waals surface area contributed by atoms with Crippen molar-refractivity contribution in [2.24, 2.45) is 5.16 Å². The first-order valence-electron chi connectivity index (χ1n) is 7.79. The lowest BCUT2D eigenvalue weighted by Gasteiger charge is -2.12. The molecule has 0 spiro atoms. The van der Waals surface area contributed by atoms with Crippen LogP contribution in [0.25, 0.3) is 0 Å². The van der Waals surface area contributed by atoms with E-state index in [0.29, 0.717) is 27.7 Å². The average Bonchev–Trinajstić information content (AvgIpc) is 2.62. The standard InChI is InChI=1S/C20H15Cl2FN2O/c1-12-4-2-3-5-15(12)20(25-26)16-8-6-13(10-18(16)22)24-14-7-9-17(21)19(23)11-14/h2-11,24,26H,1H3/b25-20-. The Balaban J connectivity index is 1.92. The van der Waals surface area contributed by atoms with E-state index in [4.69, 9.17) is 23.2 Å². The zero-order valence-corrected chi connectivity index (χ0v) is 15.3. The Hall–Kier alpha value is -2.56. The van der Waals surface area contributed by atoms with E-state index in [-0.39, 0.29) is 5.02 Å². The van der Waals surface area contributed by atoms with Crippen LogP contribution in [-0.2, 0) is 0 Å². The molecule has 0 aliphatic heterocycles. The lowest BCUT2D eigenvalue weighted by Crippen LogP contribution is -2.06. The molecule has 0 heterocycles. The molecule has 0 amide bonds. The normalized spacial score (nSPS) is 11.5. The minimum atomic E-state index is -0.506. The second kappa shape index (κ2) is 7.77. The maximum atomic E-state index is 13.6. The number of hydrogen-bond acceptors (Lipinski definition) is 3. The molecule has 0 aliphatic carbocycles. The summed E-state index contributed by atoms with van der Waals surface area (Å²) >= 11 is 12.1. The zero-order chi connectivity index (χ0) is 18.7. The van der Waals surface area contributed by atoms with Gasteiger partial charge in [0.15, 0.2) is 0 Å². The Morgan fingerprint density at radius 3 is 2.27 bits per heavy atom. The molecule has 0 atom stereocenters. The number of nitrogens with zero attached hydrogens (tertiary/aromatic N) is 1. The summed E-state index contributed by atoms with van der Waals surface area (Å²) in [4.78, 5) is 0. The molecule has 0 unspecified atom stereocenters. The predicted octanol–water partition coefficient (Wildman–Crippen LogP) is 6.41.